The van der Waals surface area contributed by atoms with Crippen LogP contribution in [-0.4, -0.2) is 46.4 Å². The molecular weight excluding hydrogens is 414 g/mol. The van der Waals surface area contributed by atoms with E-state index < -0.39 is 46.7 Å². The first-order chi connectivity index (χ1) is 14.7. The average molecular weight is 435 g/mol. The van der Waals surface area contributed by atoms with Gasteiger partial charge >= 0.3 is 12.0 Å². The molecule has 0 aliphatic rings. The summed E-state index contributed by atoms with van der Waals surface area (Å²) in [5, 5.41) is 32.2. The standard InChI is InChI=1S/C19H21N3O9/c1-10(23)12-4-2-11(3-5-12)9-30-19(28)21-7-6-20-17(26)14-8-13(24)15(25)16(31-14)18(27)22-29/h2-5,8,10,23,25,29H,6-7,9H2,1H3,(H,20,26)(H,21,28)(H,22,27). The highest BCUT2D eigenvalue weighted by atomic mass is 16.5. The Kier molecular flexibility index (Phi) is 8.11. The van der Waals surface area contributed by atoms with Gasteiger partial charge in [-0.3, -0.25) is 19.6 Å². The molecule has 1 atom stereocenters. The minimum atomic E-state index is -1.31. The van der Waals surface area contributed by atoms with Crippen molar-refractivity contribution in [2.45, 2.75) is 19.6 Å². The molecule has 0 aliphatic heterocycles. The Bertz CT molecular complexity index is 1000. The van der Waals surface area contributed by atoms with E-state index in [1.165, 1.54) is 5.48 Å². The van der Waals surface area contributed by atoms with Crippen LogP contribution in [0, 0.1) is 0 Å². The zero-order chi connectivity index (χ0) is 23.0. The van der Waals surface area contributed by atoms with Crippen LogP contribution in [0.5, 0.6) is 5.75 Å². The van der Waals surface area contributed by atoms with Gasteiger partial charge in [0.05, 0.1) is 6.10 Å². The number of hydrogen-bond acceptors (Lipinski definition) is 9. The van der Waals surface area contributed by atoms with Gasteiger partial charge in [0.25, 0.3) is 5.91 Å². The summed E-state index contributed by atoms with van der Waals surface area (Å²) in [6.07, 6.45) is -1.33. The molecule has 1 unspecified atom stereocenters. The number of ether oxygens (including phenoxy) is 1. The smallest absolute Gasteiger partial charge is 0.407 e. The second-order valence-corrected chi connectivity index (χ2v) is 6.27. The Hall–Kier alpha value is -3.90. The Labute approximate surface area is 175 Å². The van der Waals surface area contributed by atoms with Crippen LogP contribution >= 0.6 is 0 Å². The van der Waals surface area contributed by atoms with Crippen LogP contribution in [0.25, 0.3) is 0 Å². The van der Waals surface area contributed by atoms with Crippen LogP contribution in [-0.2, 0) is 11.3 Å². The number of carbonyl (C=O) groups is 3. The van der Waals surface area contributed by atoms with Crippen molar-refractivity contribution in [2.75, 3.05) is 13.1 Å². The molecule has 12 heteroatoms. The summed E-state index contributed by atoms with van der Waals surface area (Å²) in [5.41, 5.74) is 1.57. The van der Waals surface area contributed by atoms with Crippen LogP contribution in [0.3, 0.4) is 0 Å². The van der Waals surface area contributed by atoms with E-state index in [0.717, 1.165) is 11.1 Å². The van der Waals surface area contributed by atoms with E-state index in [-0.39, 0.29) is 19.7 Å². The minimum absolute atomic E-state index is 0.00659. The highest BCUT2D eigenvalue weighted by Gasteiger charge is 2.21. The van der Waals surface area contributed by atoms with E-state index >= 15 is 0 Å². The van der Waals surface area contributed by atoms with Gasteiger partial charge in [-0.25, -0.2) is 10.3 Å². The first-order valence-electron chi connectivity index (χ1n) is 9.00. The second kappa shape index (κ2) is 10.8. The molecule has 3 amide bonds. The molecule has 0 saturated carbocycles. The average Bonchev–Trinajstić information content (AvgIpc) is 2.76. The van der Waals surface area contributed by atoms with E-state index in [2.05, 4.69) is 10.6 Å². The lowest BCUT2D eigenvalue weighted by molar-refractivity contribution is 0.0663. The van der Waals surface area contributed by atoms with Gasteiger partial charge in [0.1, 0.15) is 6.61 Å². The molecule has 31 heavy (non-hydrogen) atoms. The fraction of sp³-hybridized carbons (Fsp3) is 0.263. The fourth-order valence-corrected chi connectivity index (χ4v) is 2.32. The fourth-order valence-electron chi connectivity index (χ4n) is 2.32. The highest BCUT2D eigenvalue weighted by molar-refractivity contribution is 5.95. The summed E-state index contributed by atoms with van der Waals surface area (Å²) < 4.78 is 9.85. The van der Waals surface area contributed by atoms with Crippen LogP contribution in [0.15, 0.2) is 39.5 Å². The lowest BCUT2D eigenvalue weighted by Gasteiger charge is -2.09. The lowest BCUT2D eigenvalue weighted by Crippen LogP contribution is -2.35. The number of hydroxylamine groups is 1. The number of carbonyl (C=O) groups excluding carboxylic acids is 3. The Morgan fingerprint density at radius 1 is 1.10 bits per heavy atom. The Morgan fingerprint density at radius 2 is 1.74 bits per heavy atom. The number of alkyl carbamates (subject to hydrolysis) is 1. The monoisotopic (exact) mass is 435 g/mol. The lowest BCUT2D eigenvalue weighted by atomic mass is 10.1. The third-order valence-corrected chi connectivity index (χ3v) is 3.97. The molecule has 0 aliphatic carbocycles. The highest BCUT2D eigenvalue weighted by Crippen LogP contribution is 2.14. The van der Waals surface area contributed by atoms with E-state index in [0.29, 0.717) is 6.07 Å². The normalized spacial score (nSPS) is 11.3. The van der Waals surface area contributed by atoms with Gasteiger partial charge in [0.15, 0.2) is 5.76 Å². The predicted molar refractivity (Wildman–Crippen MR) is 103 cm³/mol. The summed E-state index contributed by atoms with van der Waals surface area (Å²) in [6, 6.07) is 7.53. The van der Waals surface area contributed by atoms with E-state index in [4.69, 9.17) is 14.4 Å². The van der Waals surface area contributed by atoms with Gasteiger partial charge in [-0.2, -0.15) is 0 Å². The van der Waals surface area contributed by atoms with Crippen LogP contribution in [0.1, 0.15) is 45.3 Å². The summed E-state index contributed by atoms with van der Waals surface area (Å²) in [6.45, 7) is 1.56. The molecule has 1 heterocycles. The maximum Gasteiger partial charge on any atom is 0.407 e. The van der Waals surface area contributed by atoms with E-state index in [9.17, 15) is 29.4 Å². The van der Waals surface area contributed by atoms with E-state index in [1.807, 2.05) is 0 Å². The number of rotatable bonds is 8. The van der Waals surface area contributed by atoms with Gasteiger partial charge in [-0.1, -0.05) is 24.3 Å². The molecule has 0 radical (unpaired) electrons. The molecule has 0 bridgehead atoms. The molecule has 12 nitrogen and oxygen atoms in total. The maximum atomic E-state index is 12.0. The van der Waals surface area contributed by atoms with Gasteiger partial charge < -0.3 is 30.0 Å². The molecule has 2 rings (SSSR count). The minimum Gasteiger partial charge on any atom is -0.501 e. The molecule has 0 saturated heterocycles. The summed E-state index contributed by atoms with van der Waals surface area (Å²) in [5.74, 6) is -4.77. The second-order valence-electron chi connectivity index (χ2n) is 6.27. The molecular formula is C19H21N3O9. The largest absolute Gasteiger partial charge is 0.501 e. The van der Waals surface area contributed by atoms with Crippen molar-refractivity contribution in [3.8, 4) is 5.75 Å². The Morgan fingerprint density at radius 3 is 2.35 bits per heavy atom. The quantitative estimate of drug-likeness (QED) is 0.191. The number of aromatic hydroxyl groups is 1. The maximum absolute atomic E-state index is 12.0. The zero-order valence-electron chi connectivity index (χ0n) is 16.4. The number of aliphatic hydroxyl groups is 1. The van der Waals surface area contributed by atoms with Gasteiger partial charge in [0.2, 0.25) is 16.9 Å². The van der Waals surface area contributed by atoms with Gasteiger partial charge in [0, 0.05) is 19.2 Å². The SMILES string of the molecule is CC(O)c1ccc(COC(=O)NCCNC(=O)c2cc(=O)c(O)c(C(=O)NO)o2)cc1. The zero-order valence-corrected chi connectivity index (χ0v) is 16.4. The van der Waals surface area contributed by atoms with Crippen molar-refractivity contribution in [3.05, 3.63) is 63.2 Å². The third-order valence-electron chi connectivity index (χ3n) is 3.97. The van der Waals surface area contributed by atoms with Gasteiger partial charge in [-0.05, 0) is 18.1 Å². The van der Waals surface area contributed by atoms with Crippen molar-refractivity contribution < 1.29 is 39.0 Å². The Balaban J connectivity index is 1.78. The van der Waals surface area contributed by atoms with Crippen molar-refractivity contribution in [1.82, 2.24) is 16.1 Å². The van der Waals surface area contributed by atoms with Crippen molar-refractivity contribution in [2.24, 2.45) is 0 Å². The third kappa shape index (κ3) is 6.55. The summed E-state index contributed by atoms with van der Waals surface area (Å²) in [7, 11) is 0. The summed E-state index contributed by atoms with van der Waals surface area (Å²) in [4.78, 5) is 46.7. The number of benzene rings is 1. The van der Waals surface area contributed by atoms with Gasteiger partial charge in [-0.15, -0.1) is 0 Å². The molecule has 2 aromatic rings. The first-order valence-corrected chi connectivity index (χ1v) is 9.00. The number of aliphatic hydroxyl groups excluding tert-OH is 1. The molecule has 1 aromatic carbocycles. The van der Waals surface area contributed by atoms with Crippen LogP contribution in [0.4, 0.5) is 4.79 Å². The molecule has 0 spiro atoms. The first kappa shape index (κ1) is 23.4. The predicted octanol–water partition coefficient (Wildman–Crippen LogP) is 0.174. The molecule has 1 aromatic heterocycles. The van der Waals surface area contributed by atoms with E-state index in [1.54, 1.807) is 31.2 Å². The summed E-state index contributed by atoms with van der Waals surface area (Å²) >= 11 is 0. The van der Waals surface area contributed by atoms with Crippen molar-refractivity contribution in [3.63, 3.8) is 0 Å². The molecule has 6 N–H and O–H groups in total. The number of hydrogen-bond donors (Lipinski definition) is 6. The van der Waals surface area contributed by atoms with Crippen molar-refractivity contribution in [1.29, 1.82) is 0 Å². The molecule has 0 fully saturated rings. The topological polar surface area (TPSA) is 187 Å². The number of nitrogens with one attached hydrogen (secondary N) is 3. The molecule has 166 valence electrons. The van der Waals surface area contributed by atoms with Crippen LogP contribution in [0.2, 0.25) is 0 Å². The van der Waals surface area contributed by atoms with Crippen LogP contribution < -0.4 is 21.5 Å². The van der Waals surface area contributed by atoms with Crippen molar-refractivity contribution >= 4 is 17.9 Å². The number of amides is 3.